The lowest BCUT2D eigenvalue weighted by Gasteiger charge is -2.24. The lowest BCUT2D eigenvalue weighted by atomic mass is 10.2. The van der Waals surface area contributed by atoms with E-state index in [4.69, 9.17) is 11.6 Å². The molecule has 2 aliphatic rings. The quantitative estimate of drug-likeness (QED) is 0.816. The number of halogens is 1. The van der Waals surface area contributed by atoms with Crippen molar-refractivity contribution in [3.8, 4) is 0 Å². The van der Waals surface area contributed by atoms with E-state index in [0.717, 1.165) is 12.1 Å². The van der Waals surface area contributed by atoms with Crippen LogP contribution in [-0.2, 0) is 14.6 Å². The van der Waals surface area contributed by atoms with Crippen LogP contribution >= 0.6 is 23.4 Å². The van der Waals surface area contributed by atoms with Gasteiger partial charge in [-0.05, 0) is 24.6 Å². The molecule has 0 aliphatic carbocycles. The van der Waals surface area contributed by atoms with Gasteiger partial charge in [0.05, 0.1) is 17.5 Å². The predicted molar refractivity (Wildman–Crippen MR) is 95.1 cm³/mol. The average Bonchev–Trinajstić information content (AvgIpc) is 2.89. The highest BCUT2D eigenvalue weighted by atomic mass is 35.5. The lowest BCUT2D eigenvalue weighted by molar-refractivity contribution is -0.117. The van der Waals surface area contributed by atoms with Crippen LogP contribution in [0.1, 0.15) is 19.8 Å². The fraction of sp³-hybridized carbons (Fsp3) is 0.467. The van der Waals surface area contributed by atoms with E-state index in [1.807, 2.05) is 24.0 Å². The predicted octanol–water partition coefficient (Wildman–Crippen LogP) is 2.74. The Hall–Kier alpha value is -1.05. The highest BCUT2D eigenvalue weighted by Gasteiger charge is 2.49. The summed E-state index contributed by atoms with van der Waals surface area (Å²) in [6, 6.07) is 7.01. The monoisotopic (exact) mass is 372 g/mol. The van der Waals surface area contributed by atoms with Crippen LogP contribution in [0.2, 0.25) is 5.02 Å². The number of carbonyl (C=O) groups excluding carboxylic acids is 1. The van der Waals surface area contributed by atoms with Gasteiger partial charge in [-0.15, -0.1) is 0 Å². The number of benzene rings is 1. The maximum absolute atomic E-state index is 11.9. The average molecular weight is 373 g/mol. The van der Waals surface area contributed by atoms with E-state index in [0.29, 0.717) is 16.6 Å². The van der Waals surface area contributed by atoms with E-state index in [1.165, 1.54) is 11.8 Å². The van der Waals surface area contributed by atoms with E-state index >= 15 is 0 Å². The fourth-order valence-corrected chi connectivity index (χ4v) is 6.98. The van der Waals surface area contributed by atoms with Gasteiger partial charge in [-0.3, -0.25) is 4.79 Å². The van der Waals surface area contributed by atoms with E-state index < -0.39 is 9.84 Å². The van der Waals surface area contributed by atoms with Crippen molar-refractivity contribution in [1.82, 2.24) is 0 Å². The molecule has 0 unspecified atom stereocenters. The molecule has 1 amide bonds. The summed E-state index contributed by atoms with van der Waals surface area (Å²) in [4.78, 5) is 18.0. The molecule has 0 spiro atoms. The van der Waals surface area contributed by atoms with Gasteiger partial charge in [0.25, 0.3) is 0 Å². The van der Waals surface area contributed by atoms with Crippen LogP contribution in [0.4, 0.5) is 5.69 Å². The Labute approximate surface area is 145 Å². The Balaban J connectivity index is 1.99. The highest BCUT2D eigenvalue weighted by Crippen LogP contribution is 2.41. The SMILES string of the molecule is CCCC(=O)N=C1S[C@H]2CS(=O)(=O)C[C@@H]2N1c1cccc(Cl)c1. The Bertz CT molecular complexity index is 764. The summed E-state index contributed by atoms with van der Waals surface area (Å²) >= 11 is 7.45. The third-order valence-electron chi connectivity index (χ3n) is 3.84. The minimum Gasteiger partial charge on any atom is -0.316 e. The summed E-state index contributed by atoms with van der Waals surface area (Å²) in [5, 5.41) is 1.05. The molecule has 1 aromatic rings. The highest BCUT2D eigenvalue weighted by molar-refractivity contribution is 8.16. The van der Waals surface area contributed by atoms with Gasteiger partial charge in [-0.1, -0.05) is 36.4 Å². The van der Waals surface area contributed by atoms with Crippen molar-refractivity contribution in [2.24, 2.45) is 4.99 Å². The molecule has 0 bridgehead atoms. The Morgan fingerprint density at radius 2 is 2.22 bits per heavy atom. The van der Waals surface area contributed by atoms with E-state index in [9.17, 15) is 13.2 Å². The minimum atomic E-state index is -3.05. The Morgan fingerprint density at radius 1 is 1.43 bits per heavy atom. The van der Waals surface area contributed by atoms with Gasteiger partial charge in [0, 0.05) is 22.4 Å². The molecule has 5 nitrogen and oxygen atoms in total. The Morgan fingerprint density at radius 3 is 2.91 bits per heavy atom. The molecule has 0 saturated carbocycles. The largest absolute Gasteiger partial charge is 0.316 e. The van der Waals surface area contributed by atoms with Crippen molar-refractivity contribution in [2.75, 3.05) is 16.4 Å². The summed E-state index contributed by atoms with van der Waals surface area (Å²) in [6.45, 7) is 1.93. The first-order chi connectivity index (χ1) is 10.9. The van der Waals surface area contributed by atoms with Gasteiger partial charge < -0.3 is 4.90 Å². The molecule has 2 heterocycles. The zero-order valence-electron chi connectivity index (χ0n) is 12.6. The maximum atomic E-state index is 11.9. The zero-order chi connectivity index (χ0) is 16.6. The second-order valence-corrected chi connectivity index (χ2v) is 9.49. The first-order valence-electron chi connectivity index (χ1n) is 7.43. The number of fused-ring (bicyclic) bond motifs is 1. The molecule has 2 aliphatic heterocycles. The number of rotatable bonds is 3. The van der Waals surface area contributed by atoms with Gasteiger partial charge in [-0.25, -0.2) is 8.42 Å². The van der Waals surface area contributed by atoms with Crippen molar-refractivity contribution in [1.29, 1.82) is 0 Å². The van der Waals surface area contributed by atoms with Crippen molar-refractivity contribution in [2.45, 2.75) is 31.1 Å². The number of amidine groups is 1. The molecule has 2 saturated heterocycles. The first kappa shape index (κ1) is 16.8. The number of anilines is 1. The topological polar surface area (TPSA) is 66.8 Å². The van der Waals surface area contributed by atoms with Crippen molar-refractivity contribution < 1.29 is 13.2 Å². The number of hydrogen-bond donors (Lipinski definition) is 0. The molecule has 0 radical (unpaired) electrons. The maximum Gasteiger partial charge on any atom is 0.248 e. The molecule has 8 heteroatoms. The van der Waals surface area contributed by atoms with Gasteiger partial charge in [0.1, 0.15) is 0 Å². The molecular formula is C15H17ClN2O3S2. The molecule has 23 heavy (non-hydrogen) atoms. The fourth-order valence-electron chi connectivity index (χ4n) is 2.87. The van der Waals surface area contributed by atoms with Crippen LogP contribution in [0.5, 0.6) is 0 Å². The van der Waals surface area contributed by atoms with Crippen LogP contribution in [0.3, 0.4) is 0 Å². The summed E-state index contributed by atoms with van der Waals surface area (Å²) < 4.78 is 23.9. The number of carbonyl (C=O) groups is 1. The number of thioether (sulfide) groups is 1. The van der Waals surface area contributed by atoms with Crippen LogP contribution in [0.15, 0.2) is 29.3 Å². The summed E-state index contributed by atoms with van der Waals surface area (Å²) in [5.74, 6) is 0.0308. The van der Waals surface area contributed by atoms with E-state index in [-0.39, 0.29) is 28.7 Å². The van der Waals surface area contributed by atoms with Gasteiger partial charge in [-0.2, -0.15) is 4.99 Å². The molecular weight excluding hydrogens is 356 g/mol. The normalized spacial score (nSPS) is 27.4. The molecule has 0 aromatic heterocycles. The molecule has 124 valence electrons. The van der Waals surface area contributed by atoms with Crippen LogP contribution in [0, 0.1) is 0 Å². The number of amides is 1. The molecule has 2 fully saturated rings. The van der Waals surface area contributed by atoms with Crippen molar-refractivity contribution in [3.05, 3.63) is 29.3 Å². The third-order valence-corrected chi connectivity index (χ3v) is 7.28. The number of nitrogens with zero attached hydrogens (tertiary/aromatic N) is 2. The molecule has 2 atom stereocenters. The second kappa shape index (κ2) is 6.45. The van der Waals surface area contributed by atoms with Gasteiger partial charge in [0.15, 0.2) is 15.0 Å². The minimum absolute atomic E-state index is 0.0815. The first-order valence-corrected chi connectivity index (χ1v) is 10.5. The van der Waals surface area contributed by atoms with Gasteiger partial charge >= 0.3 is 0 Å². The van der Waals surface area contributed by atoms with E-state index in [2.05, 4.69) is 4.99 Å². The van der Waals surface area contributed by atoms with Crippen LogP contribution in [0.25, 0.3) is 0 Å². The number of hydrogen-bond acceptors (Lipinski definition) is 4. The number of aliphatic imine (C=N–C) groups is 1. The summed E-state index contributed by atoms with van der Waals surface area (Å²) in [5.41, 5.74) is 0.776. The number of sulfone groups is 1. The standard InChI is InChI=1S/C15H17ClN2O3S2/c1-2-4-14(19)17-15-18(11-6-3-5-10(16)7-11)12-8-23(20,21)9-13(12)22-15/h3,5-7,12-13H,2,4,8-9H2,1H3/t12-,13-/m0/s1. The molecule has 0 N–H and O–H groups in total. The second-order valence-electron chi connectivity index (χ2n) is 5.69. The summed E-state index contributed by atoms with van der Waals surface area (Å²) in [7, 11) is -3.05. The lowest BCUT2D eigenvalue weighted by Crippen LogP contribution is -2.37. The molecule has 1 aromatic carbocycles. The summed E-state index contributed by atoms with van der Waals surface area (Å²) in [6.07, 6.45) is 1.12. The zero-order valence-corrected chi connectivity index (χ0v) is 15.0. The van der Waals surface area contributed by atoms with Gasteiger partial charge in [0.2, 0.25) is 5.91 Å². The van der Waals surface area contributed by atoms with Crippen LogP contribution < -0.4 is 4.90 Å². The molecule has 3 rings (SSSR count). The van der Waals surface area contributed by atoms with Crippen molar-refractivity contribution >= 4 is 50.0 Å². The Kier molecular flexibility index (Phi) is 4.71. The third kappa shape index (κ3) is 3.56. The van der Waals surface area contributed by atoms with Crippen molar-refractivity contribution in [3.63, 3.8) is 0 Å². The smallest absolute Gasteiger partial charge is 0.248 e. The van der Waals surface area contributed by atoms with Crippen LogP contribution in [-0.4, -0.2) is 42.3 Å². The van der Waals surface area contributed by atoms with E-state index in [1.54, 1.807) is 12.1 Å².